The van der Waals surface area contributed by atoms with Crippen molar-refractivity contribution < 1.29 is 14.2 Å². The molecule has 0 aromatic carbocycles. The van der Waals surface area contributed by atoms with Crippen molar-refractivity contribution in [3.05, 3.63) is 12.4 Å². The van der Waals surface area contributed by atoms with Gasteiger partial charge in [0.25, 0.3) is 0 Å². The molecular weight excluding hydrogens is 289 g/mol. The second-order valence-electron chi connectivity index (χ2n) is 4.17. The van der Waals surface area contributed by atoms with Crippen LogP contribution in [-0.4, -0.2) is 37.3 Å². The van der Waals surface area contributed by atoms with Gasteiger partial charge >= 0.3 is 6.08 Å². The summed E-state index contributed by atoms with van der Waals surface area (Å²) < 4.78 is 20.4. The van der Waals surface area contributed by atoms with Crippen molar-refractivity contribution in [2.45, 2.75) is 39.0 Å². The first-order valence-electron chi connectivity index (χ1n) is 6.94. The Labute approximate surface area is 128 Å². The number of imidazole rings is 1. The summed E-state index contributed by atoms with van der Waals surface area (Å²) >= 11 is 0. The van der Waals surface area contributed by atoms with Gasteiger partial charge in [0.2, 0.25) is 0 Å². The third-order valence-electron chi connectivity index (χ3n) is 3.02. The highest BCUT2D eigenvalue weighted by Gasteiger charge is 2.27. The number of nitrogens with zero attached hydrogens (tertiary/aromatic N) is 4. The van der Waals surface area contributed by atoms with E-state index in [1.54, 1.807) is 4.57 Å². The second-order valence-corrected chi connectivity index (χ2v) is 4.17. The Morgan fingerprint density at radius 3 is 2.68 bits per heavy atom. The largest absolute Gasteiger partial charge is 0.394 e. The summed E-state index contributed by atoms with van der Waals surface area (Å²) in [6.45, 7) is 3.97. The van der Waals surface area contributed by atoms with Gasteiger partial charge in [0, 0.05) is 0 Å². The fourth-order valence-electron chi connectivity index (χ4n) is 2.15. The molecule has 7 nitrogen and oxygen atoms in total. The van der Waals surface area contributed by atoms with Crippen molar-refractivity contribution in [3.63, 3.8) is 0 Å². The molecule has 1 fully saturated rings. The summed E-state index contributed by atoms with van der Waals surface area (Å²) in [6, 6.07) is 0. The summed E-state index contributed by atoms with van der Waals surface area (Å²) in [4.78, 5) is 11.2. The van der Waals surface area contributed by atoms with Crippen LogP contribution >= 0.6 is 0 Å². The van der Waals surface area contributed by atoms with E-state index in [1.165, 1.54) is 6.33 Å². The van der Waals surface area contributed by atoms with Crippen LogP contribution in [-0.2, 0) is 4.74 Å². The molecule has 2 aromatic rings. The molecule has 0 saturated carbocycles. The molecule has 0 aliphatic carbocycles. The van der Waals surface area contributed by atoms with Crippen LogP contribution < -0.4 is 5.73 Å². The molecule has 3 N–H and O–H groups in total. The average molecular weight is 309 g/mol. The first-order chi connectivity index (χ1) is 10.7. The van der Waals surface area contributed by atoms with E-state index < -0.39 is 6.08 Å². The number of nitrogen functional groups attached to an aromatic ring is 1. The SMILES string of the molecule is C#C.CC.Nc1nc(F)nc2c1ncn2C1CCC(CO)O1. The molecule has 3 rings (SSSR count). The molecule has 1 aliphatic rings. The van der Waals surface area contributed by atoms with Gasteiger partial charge in [-0.15, -0.1) is 12.8 Å². The van der Waals surface area contributed by atoms with E-state index in [9.17, 15) is 4.39 Å². The molecule has 2 aromatic heterocycles. The predicted octanol–water partition coefficient (Wildman–Crippen LogP) is 1.49. The van der Waals surface area contributed by atoms with Crippen molar-refractivity contribution in [3.8, 4) is 12.8 Å². The van der Waals surface area contributed by atoms with Crippen molar-refractivity contribution in [2.24, 2.45) is 0 Å². The molecule has 0 spiro atoms. The Morgan fingerprint density at radius 2 is 2.09 bits per heavy atom. The number of fused-ring (bicyclic) bond motifs is 1. The molecule has 0 amide bonds. The van der Waals surface area contributed by atoms with Crippen LogP contribution in [0.25, 0.3) is 11.2 Å². The molecular formula is C14H20FN5O2. The molecule has 2 atom stereocenters. The smallest absolute Gasteiger partial charge is 0.312 e. The number of aromatic nitrogens is 4. The number of aliphatic hydroxyl groups is 1. The number of ether oxygens (including phenoxy) is 1. The van der Waals surface area contributed by atoms with Crippen LogP contribution in [0.1, 0.15) is 32.9 Å². The zero-order valence-electron chi connectivity index (χ0n) is 12.6. The summed E-state index contributed by atoms with van der Waals surface area (Å²) in [5, 5.41) is 9.03. The third-order valence-corrected chi connectivity index (χ3v) is 3.02. The third kappa shape index (κ3) is 3.50. The van der Waals surface area contributed by atoms with E-state index in [0.717, 1.165) is 6.42 Å². The van der Waals surface area contributed by atoms with Gasteiger partial charge in [-0.25, -0.2) is 4.98 Å². The summed E-state index contributed by atoms with van der Waals surface area (Å²) in [7, 11) is 0. The van der Waals surface area contributed by atoms with Crippen LogP contribution in [0, 0.1) is 18.9 Å². The number of nitrogens with two attached hydrogens (primary N) is 1. The summed E-state index contributed by atoms with van der Waals surface area (Å²) in [5.74, 6) is 0.00737. The van der Waals surface area contributed by atoms with E-state index in [0.29, 0.717) is 17.6 Å². The summed E-state index contributed by atoms with van der Waals surface area (Å²) in [6.07, 6.45) is 9.56. The van der Waals surface area contributed by atoms with Gasteiger partial charge in [-0.1, -0.05) is 13.8 Å². The maximum atomic E-state index is 13.2. The van der Waals surface area contributed by atoms with Crippen molar-refractivity contribution in [1.82, 2.24) is 19.5 Å². The van der Waals surface area contributed by atoms with E-state index in [1.807, 2.05) is 13.8 Å². The number of halogens is 1. The number of hydrogen-bond donors (Lipinski definition) is 2. The van der Waals surface area contributed by atoms with E-state index in [-0.39, 0.29) is 24.8 Å². The van der Waals surface area contributed by atoms with Crippen LogP contribution in [0.4, 0.5) is 10.2 Å². The molecule has 1 aliphatic heterocycles. The minimum atomic E-state index is -0.890. The van der Waals surface area contributed by atoms with Gasteiger partial charge in [-0.05, 0) is 12.8 Å². The van der Waals surface area contributed by atoms with E-state index in [2.05, 4.69) is 27.8 Å². The lowest BCUT2D eigenvalue weighted by molar-refractivity contribution is -0.0207. The van der Waals surface area contributed by atoms with Gasteiger partial charge in [0.05, 0.1) is 19.0 Å². The zero-order chi connectivity index (χ0) is 16.7. The Bertz CT molecular complexity index is 628. The molecule has 1 saturated heterocycles. The molecule has 22 heavy (non-hydrogen) atoms. The van der Waals surface area contributed by atoms with Crippen LogP contribution in [0.15, 0.2) is 6.33 Å². The van der Waals surface area contributed by atoms with Crippen molar-refractivity contribution >= 4 is 17.0 Å². The number of rotatable bonds is 2. The topological polar surface area (TPSA) is 99.1 Å². The maximum Gasteiger partial charge on any atom is 0.312 e. The van der Waals surface area contributed by atoms with E-state index in [4.69, 9.17) is 15.6 Å². The van der Waals surface area contributed by atoms with Gasteiger partial charge in [0.15, 0.2) is 17.0 Å². The average Bonchev–Trinajstić information content (AvgIpc) is 3.17. The highest BCUT2D eigenvalue weighted by molar-refractivity contribution is 5.81. The predicted molar refractivity (Wildman–Crippen MR) is 81.2 cm³/mol. The van der Waals surface area contributed by atoms with Crippen LogP contribution in [0.2, 0.25) is 0 Å². The lowest BCUT2D eigenvalue weighted by atomic mass is 10.2. The molecule has 3 heterocycles. The van der Waals surface area contributed by atoms with Crippen LogP contribution in [0.5, 0.6) is 0 Å². The number of anilines is 1. The van der Waals surface area contributed by atoms with Crippen molar-refractivity contribution in [2.75, 3.05) is 12.3 Å². The van der Waals surface area contributed by atoms with Gasteiger partial charge in [0.1, 0.15) is 6.23 Å². The highest BCUT2D eigenvalue weighted by atomic mass is 19.1. The normalized spacial score (nSPS) is 19.9. The Morgan fingerprint density at radius 1 is 1.41 bits per heavy atom. The standard InChI is InChI=1S/C10H12FN5O2.C2H6.C2H2/c11-10-14-8(12)7-9(15-10)16(4-13-7)6-2-1-5(3-17)18-6;2*1-2/h4-6,17H,1-3H2,(H2,12,14,15);1-2H3;1-2H. The minimum absolute atomic E-state index is 0.00737. The Kier molecular flexibility index (Phi) is 6.69. The molecule has 0 radical (unpaired) electrons. The molecule has 0 bridgehead atoms. The lowest BCUT2D eigenvalue weighted by Gasteiger charge is -2.13. The first-order valence-corrected chi connectivity index (χ1v) is 6.94. The number of hydrogen-bond acceptors (Lipinski definition) is 6. The Balaban J connectivity index is 0.000000561. The van der Waals surface area contributed by atoms with E-state index >= 15 is 0 Å². The fourth-order valence-corrected chi connectivity index (χ4v) is 2.15. The second kappa shape index (κ2) is 8.26. The minimum Gasteiger partial charge on any atom is -0.394 e. The maximum absolute atomic E-state index is 13.2. The molecule has 2 unspecified atom stereocenters. The Hall–Kier alpha value is -2.24. The van der Waals surface area contributed by atoms with Crippen LogP contribution in [0.3, 0.4) is 0 Å². The quantitative estimate of drug-likeness (QED) is 0.644. The number of terminal acetylenes is 1. The van der Waals surface area contributed by atoms with Crippen molar-refractivity contribution in [1.29, 1.82) is 0 Å². The fraction of sp³-hybridized carbons (Fsp3) is 0.500. The lowest BCUT2D eigenvalue weighted by Crippen LogP contribution is -2.14. The zero-order valence-corrected chi connectivity index (χ0v) is 12.6. The molecule has 120 valence electrons. The highest BCUT2D eigenvalue weighted by Crippen LogP contribution is 2.30. The molecule has 8 heteroatoms. The number of aliphatic hydroxyl groups excluding tert-OH is 1. The van der Waals surface area contributed by atoms with Gasteiger partial charge in [-0.2, -0.15) is 14.4 Å². The summed E-state index contributed by atoms with van der Waals surface area (Å²) in [5.41, 5.74) is 6.24. The van der Waals surface area contributed by atoms with Gasteiger partial charge in [-0.3, -0.25) is 4.57 Å². The van der Waals surface area contributed by atoms with Gasteiger partial charge < -0.3 is 15.6 Å². The first kappa shape index (κ1) is 17.8. The monoisotopic (exact) mass is 309 g/mol.